The van der Waals surface area contributed by atoms with Crippen LogP contribution in [0.5, 0.6) is 0 Å². The van der Waals surface area contributed by atoms with Crippen molar-refractivity contribution in [3.8, 4) is 0 Å². The molecule has 0 saturated carbocycles. The Morgan fingerprint density at radius 3 is 2.27 bits per heavy atom. The number of benzene rings is 2. The maximum Gasteiger partial charge on any atom is 0.416 e. The highest BCUT2D eigenvalue weighted by atomic mass is 32.2. The van der Waals surface area contributed by atoms with E-state index in [-0.39, 0.29) is 18.9 Å². The second kappa shape index (κ2) is 7.77. The van der Waals surface area contributed by atoms with E-state index in [0.29, 0.717) is 16.8 Å². The molecular weight excluding hydrogens is 369 g/mol. The standard InChI is InChI=1S/C17H17F3N2O3S/c1-26(24,25)22-15-4-2-3-13(9-15)11-21-16(23)10-12-5-7-14(8-6-12)17(18,19)20/h2-9,22H,10-11H2,1H3,(H,21,23). The van der Waals surface area contributed by atoms with Gasteiger partial charge in [-0.2, -0.15) is 13.2 Å². The first-order chi connectivity index (χ1) is 12.0. The van der Waals surface area contributed by atoms with Crippen LogP contribution in [0.3, 0.4) is 0 Å². The zero-order chi connectivity index (χ0) is 19.4. The molecule has 140 valence electrons. The first-order valence-electron chi connectivity index (χ1n) is 7.52. The number of sulfonamides is 1. The molecule has 0 saturated heterocycles. The van der Waals surface area contributed by atoms with Crippen molar-refractivity contribution < 1.29 is 26.4 Å². The molecule has 2 N–H and O–H groups in total. The number of carbonyl (C=O) groups is 1. The lowest BCUT2D eigenvalue weighted by Crippen LogP contribution is -2.24. The third kappa shape index (κ3) is 6.40. The Balaban J connectivity index is 1.92. The number of rotatable bonds is 6. The van der Waals surface area contributed by atoms with Gasteiger partial charge in [0.15, 0.2) is 0 Å². The minimum absolute atomic E-state index is 0.0561. The van der Waals surface area contributed by atoms with Crippen molar-refractivity contribution in [2.75, 3.05) is 11.0 Å². The molecule has 0 bridgehead atoms. The van der Waals surface area contributed by atoms with Crippen molar-refractivity contribution in [1.29, 1.82) is 0 Å². The predicted octanol–water partition coefficient (Wildman–Crippen LogP) is 2.94. The van der Waals surface area contributed by atoms with Gasteiger partial charge in [0.25, 0.3) is 0 Å². The zero-order valence-electron chi connectivity index (χ0n) is 13.8. The lowest BCUT2D eigenvalue weighted by Gasteiger charge is -2.09. The number of hydrogen-bond donors (Lipinski definition) is 2. The van der Waals surface area contributed by atoms with E-state index >= 15 is 0 Å². The van der Waals surface area contributed by atoms with Crippen molar-refractivity contribution >= 4 is 21.6 Å². The van der Waals surface area contributed by atoms with Crippen LogP contribution in [0, 0.1) is 0 Å². The Hall–Kier alpha value is -2.55. The normalized spacial score (nSPS) is 11.8. The fourth-order valence-corrected chi connectivity index (χ4v) is 2.77. The lowest BCUT2D eigenvalue weighted by molar-refractivity contribution is -0.137. The molecule has 0 aliphatic carbocycles. The van der Waals surface area contributed by atoms with Gasteiger partial charge in [0.1, 0.15) is 0 Å². The van der Waals surface area contributed by atoms with E-state index in [9.17, 15) is 26.4 Å². The second-order valence-corrected chi connectivity index (χ2v) is 7.47. The van der Waals surface area contributed by atoms with E-state index in [1.54, 1.807) is 24.3 Å². The minimum Gasteiger partial charge on any atom is -0.352 e. The Kier molecular flexibility index (Phi) is 5.91. The number of halogens is 3. The fourth-order valence-electron chi connectivity index (χ4n) is 2.22. The van der Waals surface area contributed by atoms with Crippen LogP contribution in [0.1, 0.15) is 16.7 Å². The topological polar surface area (TPSA) is 75.3 Å². The molecule has 0 radical (unpaired) electrons. The van der Waals surface area contributed by atoms with Crippen LogP contribution in [-0.2, 0) is 34.0 Å². The van der Waals surface area contributed by atoms with Crippen molar-refractivity contribution in [1.82, 2.24) is 5.32 Å². The molecule has 0 atom stereocenters. The largest absolute Gasteiger partial charge is 0.416 e. The molecule has 0 fully saturated rings. The molecule has 0 unspecified atom stereocenters. The van der Waals surface area contributed by atoms with Gasteiger partial charge in [-0.15, -0.1) is 0 Å². The van der Waals surface area contributed by atoms with Gasteiger partial charge in [-0.3, -0.25) is 9.52 Å². The maximum atomic E-state index is 12.5. The van der Waals surface area contributed by atoms with Gasteiger partial charge >= 0.3 is 6.18 Å². The average molecular weight is 386 g/mol. The third-order valence-electron chi connectivity index (χ3n) is 3.37. The Bertz CT molecular complexity index is 879. The quantitative estimate of drug-likeness (QED) is 0.802. The van der Waals surface area contributed by atoms with Crippen LogP contribution in [0.4, 0.5) is 18.9 Å². The maximum absolute atomic E-state index is 12.5. The number of anilines is 1. The van der Waals surface area contributed by atoms with Gasteiger partial charge in [-0.05, 0) is 35.4 Å². The van der Waals surface area contributed by atoms with E-state index in [0.717, 1.165) is 18.4 Å². The SMILES string of the molecule is CS(=O)(=O)Nc1cccc(CNC(=O)Cc2ccc(C(F)(F)F)cc2)c1. The van der Waals surface area contributed by atoms with Crippen LogP contribution < -0.4 is 10.0 Å². The van der Waals surface area contributed by atoms with Crippen molar-refractivity contribution in [3.63, 3.8) is 0 Å². The monoisotopic (exact) mass is 386 g/mol. The molecule has 2 rings (SSSR count). The van der Waals surface area contributed by atoms with E-state index in [1.807, 2.05) is 0 Å². The molecule has 0 aliphatic heterocycles. The Labute approximate surface area is 149 Å². The molecule has 2 aromatic rings. The Morgan fingerprint density at radius 2 is 1.69 bits per heavy atom. The summed E-state index contributed by atoms with van der Waals surface area (Å²) < 4.78 is 62.3. The number of nitrogens with one attached hydrogen (secondary N) is 2. The van der Waals surface area contributed by atoms with Crippen LogP contribution in [0.2, 0.25) is 0 Å². The summed E-state index contributed by atoms with van der Waals surface area (Å²) in [7, 11) is -3.40. The summed E-state index contributed by atoms with van der Waals surface area (Å²) in [6.45, 7) is 0.165. The molecule has 0 aromatic heterocycles. The molecular formula is C17H17F3N2O3S. The summed E-state index contributed by atoms with van der Waals surface area (Å²) in [5, 5.41) is 2.64. The summed E-state index contributed by atoms with van der Waals surface area (Å²) in [6, 6.07) is 10.9. The highest BCUT2D eigenvalue weighted by Gasteiger charge is 2.29. The molecule has 9 heteroatoms. The molecule has 26 heavy (non-hydrogen) atoms. The predicted molar refractivity (Wildman–Crippen MR) is 91.9 cm³/mol. The third-order valence-corrected chi connectivity index (χ3v) is 3.97. The highest BCUT2D eigenvalue weighted by Crippen LogP contribution is 2.29. The highest BCUT2D eigenvalue weighted by molar-refractivity contribution is 7.92. The second-order valence-electron chi connectivity index (χ2n) is 5.72. The van der Waals surface area contributed by atoms with Crippen molar-refractivity contribution in [2.45, 2.75) is 19.1 Å². The van der Waals surface area contributed by atoms with E-state index in [1.165, 1.54) is 12.1 Å². The lowest BCUT2D eigenvalue weighted by atomic mass is 10.1. The zero-order valence-corrected chi connectivity index (χ0v) is 14.6. The van der Waals surface area contributed by atoms with E-state index in [4.69, 9.17) is 0 Å². The van der Waals surface area contributed by atoms with Crippen LogP contribution in [0.15, 0.2) is 48.5 Å². The van der Waals surface area contributed by atoms with Gasteiger partial charge in [0, 0.05) is 12.2 Å². The van der Waals surface area contributed by atoms with Gasteiger partial charge in [-0.1, -0.05) is 24.3 Å². The number of amides is 1. The minimum atomic E-state index is -4.41. The van der Waals surface area contributed by atoms with Gasteiger partial charge in [0.2, 0.25) is 15.9 Å². The fraction of sp³-hybridized carbons (Fsp3) is 0.235. The van der Waals surface area contributed by atoms with Gasteiger partial charge in [0.05, 0.1) is 18.2 Å². The van der Waals surface area contributed by atoms with E-state index in [2.05, 4.69) is 10.0 Å². The average Bonchev–Trinajstić information content (AvgIpc) is 2.51. The number of alkyl halides is 3. The first-order valence-corrected chi connectivity index (χ1v) is 9.42. The van der Waals surface area contributed by atoms with Gasteiger partial charge in [-0.25, -0.2) is 8.42 Å². The summed E-state index contributed by atoms with van der Waals surface area (Å²) >= 11 is 0. The smallest absolute Gasteiger partial charge is 0.352 e. The molecule has 0 heterocycles. The van der Waals surface area contributed by atoms with E-state index < -0.39 is 21.8 Å². The van der Waals surface area contributed by atoms with Gasteiger partial charge < -0.3 is 5.32 Å². The van der Waals surface area contributed by atoms with Crippen molar-refractivity contribution in [3.05, 3.63) is 65.2 Å². The number of carbonyl (C=O) groups excluding carboxylic acids is 1. The first kappa shape index (κ1) is 19.8. The Morgan fingerprint density at radius 1 is 1.04 bits per heavy atom. The van der Waals surface area contributed by atoms with Crippen LogP contribution in [0.25, 0.3) is 0 Å². The molecule has 0 aliphatic rings. The molecule has 1 amide bonds. The van der Waals surface area contributed by atoms with Crippen LogP contribution in [-0.4, -0.2) is 20.6 Å². The van der Waals surface area contributed by atoms with Crippen molar-refractivity contribution in [2.24, 2.45) is 0 Å². The summed E-state index contributed by atoms with van der Waals surface area (Å²) in [5.74, 6) is -0.355. The molecule has 5 nitrogen and oxygen atoms in total. The number of hydrogen-bond acceptors (Lipinski definition) is 3. The summed E-state index contributed by atoms with van der Waals surface area (Å²) in [5.41, 5.74) is 0.751. The molecule has 0 spiro atoms. The molecule has 2 aromatic carbocycles. The van der Waals surface area contributed by atoms with Crippen LogP contribution >= 0.6 is 0 Å². The summed E-state index contributed by atoms with van der Waals surface area (Å²) in [4.78, 5) is 11.9. The summed E-state index contributed by atoms with van der Waals surface area (Å²) in [6.07, 6.45) is -3.43.